The van der Waals surface area contributed by atoms with Gasteiger partial charge in [-0.3, -0.25) is 0 Å². The van der Waals surface area contributed by atoms with Crippen LogP contribution >= 0.6 is 0 Å². The van der Waals surface area contributed by atoms with Crippen LogP contribution in [0.4, 0.5) is 0 Å². The van der Waals surface area contributed by atoms with Gasteiger partial charge in [-0.05, 0) is 48.9 Å². The van der Waals surface area contributed by atoms with E-state index in [4.69, 9.17) is 0 Å². The van der Waals surface area contributed by atoms with E-state index in [1.165, 1.54) is 59.1 Å². The second-order valence-corrected chi connectivity index (χ2v) is 5.83. The van der Waals surface area contributed by atoms with Crippen molar-refractivity contribution < 1.29 is 0 Å². The van der Waals surface area contributed by atoms with Crippen molar-refractivity contribution in [1.82, 2.24) is 0 Å². The highest BCUT2D eigenvalue weighted by atomic mass is 14.1. The first-order valence-electron chi connectivity index (χ1n) is 7.85. The molecule has 0 bridgehead atoms. The summed E-state index contributed by atoms with van der Waals surface area (Å²) in [5.74, 6) is 0. The maximum absolute atomic E-state index is 2.33. The Morgan fingerprint density at radius 2 is 1.25 bits per heavy atom. The summed E-state index contributed by atoms with van der Waals surface area (Å²) in [7, 11) is 0. The highest BCUT2D eigenvalue weighted by Crippen LogP contribution is 2.31. The molecule has 20 heavy (non-hydrogen) atoms. The van der Waals surface area contributed by atoms with Crippen LogP contribution in [-0.2, 0) is 12.8 Å². The van der Waals surface area contributed by atoms with Crippen LogP contribution in [-0.4, -0.2) is 0 Å². The molecule has 0 aliphatic rings. The number of hydrogen-bond donors (Lipinski definition) is 0. The van der Waals surface area contributed by atoms with E-state index < -0.39 is 0 Å². The number of rotatable bonds is 5. The van der Waals surface area contributed by atoms with E-state index in [-0.39, 0.29) is 0 Å². The molecular weight excluding hydrogens is 240 g/mol. The van der Waals surface area contributed by atoms with E-state index in [2.05, 4.69) is 64.1 Å². The Morgan fingerprint density at radius 3 is 1.70 bits per heavy atom. The molecule has 0 aliphatic heterocycles. The van der Waals surface area contributed by atoms with Crippen LogP contribution in [0.1, 0.15) is 48.9 Å². The van der Waals surface area contributed by atoms with Gasteiger partial charge >= 0.3 is 0 Å². The summed E-state index contributed by atoms with van der Waals surface area (Å²) < 4.78 is 0. The lowest BCUT2D eigenvalue weighted by Gasteiger charge is -2.16. The second-order valence-electron chi connectivity index (χ2n) is 5.83. The van der Waals surface area contributed by atoms with Crippen LogP contribution in [0, 0.1) is 13.8 Å². The smallest absolute Gasteiger partial charge is 0.0120 e. The number of hydrogen-bond acceptors (Lipinski definition) is 0. The summed E-state index contributed by atoms with van der Waals surface area (Å²) in [5, 5.41) is 0. The van der Waals surface area contributed by atoms with E-state index in [9.17, 15) is 0 Å². The molecule has 0 heteroatoms. The molecule has 0 radical (unpaired) electrons. The van der Waals surface area contributed by atoms with Gasteiger partial charge in [0, 0.05) is 0 Å². The number of benzene rings is 2. The van der Waals surface area contributed by atoms with E-state index >= 15 is 0 Å². The van der Waals surface area contributed by atoms with Crippen LogP contribution in [0.5, 0.6) is 0 Å². The normalized spacial score (nSPS) is 10.8. The second kappa shape index (κ2) is 6.74. The third-order valence-electron chi connectivity index (χ3n) is 3.79. The molecule has 0 N–H and O–H groups in total. The summed E-state index contributed by atoms with van der Waals surface area (Å²) >= 11 is 0. The monoisotopic (exact) mass is 266 g/mol. The van der Waals surface area contributed by atoms with E-state index in [1.54, 1.807) is 0 Å². The maximum Gasteiger partial charge on any atom is -0.0120 e. The van der Waals surface area contributed by atoms with Crippen molar-refractivity contribution in [3.8, 4) is 11.1 Å². The average Bonchev–Trinajstić information content (AvgIpc) is 2.38. The zero-order valence-electron chi connectivity index (χ0n) is 13.3. The molecular formula is C20H26. The minimum absolute atomic E-state index is 1.17. The molecule has 0 saturated heterocycles. The first-order chi connectivity index (χ1) is 9.65. The molecule has 2 rings (SSSR count). The summed E-state index contributed by atoms with van der Waals surface area (Å²) in [6, 6.07) is 13.8. The van der Waals surface area contributed by atoms with Gasteiger partial charge in [-0.2, -0.15) is 0 Å². The van der Waals surface area contributed by atoms with Crippen LogP contribution in [0.25, 0.3) is 11.1 Å². The van der Waals surface area contributed by atoms with Crippen molar-refractivity contribution in [3.05, 3.63) is 58.7 Å². The van der Waals surface area contributed by atoms with Crippen molar-refractivity contribution in [2.45, 2.75) is 53.4 Å². The summed E-state index contributed by atoms with van der Waals surface area (Å²) in [5.41, 5.74) is 8.60. The molecule has 0 spiro atoms. The van der Waals surface area contributed by atoms with Gasteiger partial charge in [-0.15, -0.1) is 0 Å². The molecule has 0 nitrogen and oxygen atoms in total. The van der Waals surface area contributed by atoms with Crippen LogP contribution in [0.2, 0.25) is 0 Å². The molecule has 0 heterocycles. The Kier molecular flexibility index (Phi) is 5.00. The van der Waals surface area contributed by atoms with Crippen molar-refractivity contribution in [3.63, 3.8) is 0 Å². The van der Waals surface area contributed by atoms with E-state index in [0.717, 1.165) is 0 Å². The summed E-state index contributed by atoms with van der Waals surface area (Å²) in [6.07, 6.45) is 4.74. The van der Waals surface area contributed by atoms with Gasteiger partial charge in [0.15, 0.2) is 0 Å². The van der Waals surface area contributed by atoms with Crippen molar-refractivity contribution in [2.75, 3.05) is 0 Å². The Bertz CT molecular complexity index is 534. The van der Waals surface area contributed by atoms with Gasteiger partial charge in [-0.1, -0.05) is 74.2 Å². The molecule has 2 aromatic carbocycles. The van der Waals surface area contributed by atoms with E-state index in [0.29, 0.717) is 0 Å². The van der Waals surface area contributed by atoms with E-state index in [1.807, 2.05) is 0 Å². The van der Waals surface area contributed by atoms with Crippen LogP contribution < -0.4 is 0 Å². The van der Waals surface area contributed by atoms with Gasteiger partial charge in [-0.25, -0.2) is 0 Å². The predicted molar refractivity (Wildman–Crippen MR) is 89.3 cm³/mol. The fourth-order valence-corrected chi connectivity index (χ4v) is 3.10. The molecule has 0 fully saturated rings. The van der Waals surface area contributed by atoms with Crippen molar-refractivity contribution in [2.24, 2.45) is 0 Å². The third-order valence-corrected chi connectivity index (χ3v) is 3.79. The fourth-order valence-electron chi connectivity index (χ4n) is 3.10. The standard InChI is InChI=1S/C20H26/c1-5-8-17-10-7-11-18(9-6-2)20(17)19-13-15(3)12-16(4)14-19/h7,10-14H,5-6,8-9H2,1-4H3. The van der Waals surface area contributed by atoms with Gasteiger partial charge in [0.25, 0.3) is 0 Å². The van der Waals surface area contributed by atoms with Crippen molar-refractivity contribution >= 4 is 0 Å². The zero-order chi connectivity index (χ0) is 14.5. The summed E-state index contributed by atoms with van der Waals surface area (Å²) in [4.78, 5) is 0. The molecule has 2 aromatic rings. The van der Waals surface area contributed by atoms with Gasteiger partial charge < -0.3 is 0 Å². The minimum atomic E-state index is 1.17. The predicted octanol–water partition coefficient (Wildman–Crippen LogP) is 5.88. The highest BCUT2D eigenvalue weighted by Gasteiger charge is 2.10. The topological polar surface area (TPSA) is 0 Å². The Morgan fingerprint density at radius 1 is 0.750 bits per heavy atom. The molecule has 0 unspecified atom stereocenters. The molecule has 0 atom stereocenters. The fraction of sp³-hybridized carbons (Fsp3) is 0.400. The van der Waals surface area contributed by atoms with Gasteiger partial charge in [0.1, 0.15) is 0 Å². The van der Waals surface area contributed by atoms with Crippen LogP contribution in [0.15, 0.2) is 36.4 Å². The lowest BCUT2D eigenvalue weighted by molar-refractivity contribution is 0.898. The highest BCUT2D eigenvalue weighted by molar-refractivity contribution is 5.72. The number of aryl methyl sites for hydroxylation is 4. The summed E-state index contributed by atoms with van der Waals surface area (Å²) in [6.45, 7) is 8.91. The molecule has 0 aliphatic carbocycles. The maximum atomic E-state index is 2.33. The Hall–Kier alpha value is -1.56. The van der Waals surface area contributed by atoms with Crippen molar-refractivity contribution in [1.29, 1.82) is 0 Å². The van der Waals surface area contributed by atoms with Gasteiger partial charge in [0.2, 0.25) is 0 Å². The first-order valence-corrected chi connectivity index (χ1v) is 7.85. The Labute approximate surface area is 123 Å². The minimum Gasteiger partial charge on any atom is -0.0651 e. The Balaban J connectivity index is 2.61. The molecule has 0 saturated carbocycles. The quantitative estimate of drug-likeness (QED) is 0.634. The lowest BCUT2D eigenvalue weighted by atomic mass is 9.89. The largest absolute Gasteiger partial charge is 0.0651 e. The molecule has 106 valence electrons. The molecule has 0 amide bonds. The van der Waals surface area contributed by atoms with Crippen LogP contribution in [0.3, 0.4) is 0 Å². The zero-order valence-corrected chi connectivity index (χ0v) is 13.3. The average molecular weight is 266 g/mol. The lowest BCUT2D eigenvalue weighted by Crippen LogP contribution is -1.97. The first kappa shape index (κ1) is 14.8. The molecule has 0 aromatic heterocycles. The third kappa shape index (κ3) is 3.30. The van der Waals surface area contributed by atoms with Gasteiger partial charge in [0.05, 0.1) is 0 Å². The SMILES string of the molecule is CCCc1cccc(CCC)c1-c1cc(C)cc(C)c1.